The number of esters is 1. The summed E-state index contributed by atoms with van der Waals surface area (Å²) in [6.45, 7) is 2.00. The average Bonchev–Trinajstić information content (AvgIpc) is 2.84. The molecule has 0 heterocycles. The van der Waals surface area contributed by atoms with Gasteiger partial charge in [-0.2, -0.15) is 0 Å². The highest BCUT2D eigenvalue weighted by atomic mass is 16.5. The molecule has 0 fully saturated rings. The van der Waals surface area contributed by atoms with Crippen LogP contribution >= 0.6 is 0 Å². The molecule has 33 heavy (non-hydrogen) atoms. The molecule has 0 bridgehead atoms. The predicted molar refractivity (Wildman–Crippen MR) is 137 cm³/mol. The lowest BCUT2D eigenvalue weighted by atomic mass is 9.88. The Bertz CT molecular complexity index is 401. The number of rotatable bonds is 26. The minimum atomic E-state index is -0.697. The van der Waals surface area contributed by atoms with E-state index in [4.69, 9.17) is 9.84 Å². The summed E-state index contributed by atoms with van der Waals surface area (Å²) in [6.07, 6.45) is 25.2. The zero-order chi connectivity index (χ0) is 24.5. The van der Waals surface area contributed by atoms with Crippen LogP contribution in [0.2, 0.25) is 0 Å². The Hall–Kier alpha value is -0.650. The topological polar surface area (TPSA) is 87.0 Å². The minimum Gasteiger partial charge on any atom is -0.465 e. The van der Waals surface area contributed by atoms with Gasteiger partial charge in [0.1, 0.15) is 6.61 Å². The predicted octanol–water partition coefficient (Wildman–Crippen LogP) is 6.70. The van der Waals surface area contributed by atoms with E-state index in [0.717, 1.165) is 19.3 Å². The van der Waals surface area contributed by atoms with E-state index in [2.05, 4.69) is 0 Å². The fourth-order valence-corrected chi connectivity index (χ4v) is 4.16. The second-order valence-corrected chi connectivity index (χ2v) is 10.0. The van der Waals surface area contributed by atoms with E-state index in [1.165, 1.54) is 103 Å². The first kappa shape index (κ1) is 32.4. The van der Waals surface area contributed by atoms with Crippen molar-refractivity contribution in [3.63, 3.8) is 0 Å². The third-order valence-corrected chi connectivity index (χ3v) is 7.00. The molecule has 198 valence electrons. The largest absolute Gasteiger partial charge is 0.465 e. The van der Waals surface area contributed by atoms with E-state index in [-0.39, 0.29) is 25.8 Å². The van der Waals surface area contributed by atoms with Gasteiger partial charge >= 0.3 is 5.97 Å². The van der Waals surface area contributed by atoms with Crippen LogP contribution in [0.15, 0.2) is 0 Å². The van der Waals surface area contributed by atoms with E-state index in [9.17, 15) is 15.0 Å². The van der Waals surface area contributed by atoms with Gasteiger partial charge in [0.15, 0.2) is 0 Å². The van der Waals surface area contributed by atoms with Crippen LogP contribution in [0.1, 0.15) is 142 Å². The Labute approximate surface area is 204 Å². The standard InChI is InChI=1S/C28H56O5/c1-2-28(24-30,25-31)26-33-27(32)22-20-18-16-14-12-10-8-6-4-3-5-7-9-11-13-15-17-19-21-23-29/h29-31H,2-26H2,1H3. The monoisotopic (exact) mass is 472 g/mol. The molecule has 0 aliphatic heterocycles. The number of unbranched alkanes of at least 4 members (excludes halogenated alkanes) is 18. The van der Waals surface area contributed by atoms with Crippen molar-refractivity contribution in [2.75, 3.05) is 26.4 Å². The first-order valence-corrected chi connectivity index (χ1v) is 14.1. The summed E-state index contributed by atoms with van der Waals surface area (Å²) in [5, 5.41) is 27.5. The summed E-state index contributed by atoms with van der Waals surface area (Å²) in [4.78, 5) is 11.8. The van der Waals surface area contributed by atoms with Crippen molar-refractivity contribution in [1.29, 1.82) is 0 Å². The van der Waals surface area contributed by atoms with E-state index in [0.29, 0.717) is 19.4 Å². The number of aliphatic hydroxyl groups excluding tert-OH is 3. The molecule has 0 aromatic rings. The van der Waals surface area contributed by atoms with Gasteiger partial charge in [0, 0.05) is 13.0 Å². The van der Waals surface area contributed by atoms with Crippen molar-refractivity contribution in [3.8, 4) is 0 Å². The van der Waals surface area contributed by atoms with Gasteiger partial charge in [-0.1, -0.05) is 116 Å². The molecule has 0 aromatic heterocycles. The van der Waals surface area contributed by atoms with Gasteiger partial charge in [-0.15, -0.1) is 0 Å². The number of ether oxygens (including phenoxy) is 1. The summed E-state index contributed by atoms with van der Waals surface area (Å²) in [7, 11) is 0. The molecule has 0 saturated carbocycles. The highest BCUT2D eigenvalue weighted by Crippen LogP contribution is 2.21. The quantitative estimate of drug-likeness (QED) is 0.0962. The van der Waals surface area contributed by atoms with E-state index in [1.54, 1.807) is 0 Å². The molecule has 0 spiro atoms. The Morgan fingerprint density at radius 3 is 1.21 bits per heavy atom. The normalized spacial score (nSPS) is 11.8. The fourth-order valence-electron chi connectivity index (χ4n) is 4.16. The average molecular weight is 473 g/mol. The van der Waals surface area contributed by atoms with Gasteiger partial charge in [0.05, 0.1) is 18.6 Å². The molecule has 5 heteroatoms. The highest BCUT2D eigenvalue weighted by molar-refractivity contribution is 5.69. The van der Waals surface area contributed by atoms with Gasteiger partial charge in [-0.3, -0.25) is 4.79 Å². The Morgan fingerprint density at radius 2 is 0.909 bits per heavy atom. The van der Waals surface area contributed by atoms with Crippen LogP contribution in [-0.2, 0) is 9.53 Å². The summed E-state index contributed by atoms with van der Waals surface area (Å²) in [5.41, 5.74) is -0.697. The van der Waals surface area contributed by atoms with Crippen LogP contribution in [-0.4, -0.2) is 47.7 Å². The molecule has 0 unspecified atom stereocenters. The minimum absolute atomic E-state index is 0.0993. The summed E-state index contributed by atoms with van der Waals surface area (Å²) < 4.78 is 5.25. The molecule has 0 aromatic carbocycles. The molecule has 0 amide bonds. The van der Waals surface area contributed by atoms with Crippen molar-refractivity contribution < 1.29 is 24.9 Å². The Morgan fingerprint density at radius 1 is 0.576 bits per heavy atom. The van der Waals surface area contributed by atoms with Gasteiger partial charge in [0.25, 0.3) is 0 Å². The van der Waals surface area contributed by atoms with Gasteiger partial charge in [0.2, 0.25) is 0 Å². The van der Waals surface area contributed by atoms with Crippen LogP contribution < -0.4 is 0 Å². The lowest BCUT2D eigenvalue weighted by Crippen LogP contribution is -2.35. The molecule has 0 saturated heterocycles. The molecule has 0 atom stereocenters. The van der Waals surface area contributed by atoms with Crippen LogP contribution in [0.25, 0.3) is 0 Å². The third-order valence-electron chi connectivity index (χ3n) is 7.00. The van der Waals surface area contributed by atoms with Crippen molar-refractivity contribution in [1.82, 2.24) is 0 Å². The molecule has 0 radical (unpaired) electrons. The van der Waals surface area contributed by atoms with Gasteiger partial charge in [-0.25, -0.2) is 0 Å². The highest BCUT2D eigenvalue weighted by Gasteiger charge is 2.28. The van der Waals surface area contributed by atoms with Gasteiger partial charge < -0.3 is 20.1 Å². The Kier molecular flexibility index (Phi) is 24.0. The maximum absolute atomic E-state index is 11.8. The van der Waals surface area contributed by atoms with E-state index >= 15 is 0 Å². The second kappa shape index (κ2) is 24.5. The number of hydrogen-bond acceptors (Lipinski definition) is 5. The second-order valence-electron chi connectivity index (χ2n) is 10.0. The van der Waals surface area contributed by atoms with Crippen molar-refractivity contribution in [2.24, 2.45) is 5.41 Å². The maximum Gasteiger partial charge on any atom is 0.305 e. The zero-order valence-electron chi connectivity index (χ0n) is 21.8. The first-order chi connectivity index (χ1) is 16.1. The summed E-state index contributed by atoms with van der Waals surface area (Å²) in [5.74, 6) is -0.219. The van der Waals surface area contributed by atoms with Crippen molar-refractivity contribution in [2.45, 2.75) is 142 Å². The molecule has 3 N–H and O–H groups in total. The van der Waals surface area contributed by atoms with Crippen LogP contribution in [0.4, 0.5) is 0 Å². The van der Waals surface area contributed by atoms with Crippen LogP contribution in [0.5, 0.6) is 0 Å². The molecular weight excluding hydrogens is 416 g/mol. The van der Waals surface area contributed by atoms with E-state index in [1.807, 2.05) is 6.92 Å². The SMILES string of the molecule is CCC(CO)(CO)COC(=O)CCCCCCCCCCCCCCCCCCCCCO. The molecule has 0 aliphatic carbocycles. The lowest BCUT2D eigenvalue weighted by molar-refractivity contribution is -0.149. The molecule has 0 aliphatic rings. The smallest absolute Gasteiger partial charge is 0.305 e. The maximum atomic E-state index is 11.8. The number of carbonyl (C=O) groups is 1. The first-order valence-electron chi connectivity index (χ1n) is 14.1. The fraction of sp³-hybridized carbons (Fsp3) is 0.964. The van der Waals surface area contributed by atoms with E-state index < -0.39 is 5.41 Å². The molecule has 5 nitrogen and oxygen atoms in total. The van der Waals surface area contributed by atoms with Gasteiger partial charge in [-0.05, 0) is 19.3 Å². The van der Waals surface area contributed by atoms with Crippen LogP contribution in [0, 0.1) is 5.41 Å². The number of carbonyl (C=O) groups excluding carboxylic acids is 1. The lowest BCUT2D eigenvalue weighted by Gasteiger charge is -2.27. The van der Waals surface area contributed by atoms with Crippen molar-refractivity contribution >= 4 is 5.97 Å². The number of aliphatic hydroxyl groups is 3. The molecule has 0 rings (SSSR count). The van der Waals surface area contributed by atoms with Crippen LogP contribution in [0.3, 0.4) is 0 Å². The summed E-state index contributed by atoms with van der Waals surface area (Å²) >= 11 is 0. The summed E-state index contributed by atoms with van der Waals surface area (Å²) in [6, 6.07) is 0. The Balaban J connectivity index is 3.27. The third kappa shape index (κ3) is 20.4. The zero-order valence-corrected chi connectivity index (χ0v) is 21.8. The number of hydrogen-bond donors (Lipinski definition) is 3. The molecular formula is C28H56O5. The van der Waals surface area contributed by atoms with Crippen molar-refractivity contribution in [3.05, 3.63) is 0 Å².